The van der Waals surface area contributed by atoms with Crippen LogP contribution in [0.15, 0.2) is 36.4 Å². The first kappa shape index (κ1) is 21.5. The molecule has 0 spiro atoms. The van der Waals surface area contributed by atoms with Gasteiger partial charge in [-0.2, -0.15) is 0 Å². The summed E-state index contributed by atoms with van der Waals surface area (Å²) in [5.41, 5.74) is 2.32. The van der Waals surface area contributed by atoms with E-state index in [0.717, 1.165) is 38.0 Å². The molecule has 0 radical (unpaired) electrons. The van der Waals surface area contributed by atoms with Gasteiger partial charge in [0.05, 0.1) is 16.1 Å². The molecule has 5 nitrogen and oxygen atoms in total. The summed E-state index contributed by atoms with van der Waals surface area (Å²) in [5, 5.41) is 6.60. The maximum atomic E-state index is 12.9. The van der Waals surface area contributed by atoms with Crippen molar-refractivity contribution in [2.45, 2.75) is 39.2 Å². The number of carbonyl (C=O) groups excluding carboxylic acids is 2. The highest BCUT2D eigenvalue weighted by Crippen LogP contribution is 2.29. The minimum atomic E-state index is -0.353. The molecule has 3 rings (SSSR count). The van der Waals surface area contributed by atoms with Gasteiger partial charge in [0.2, 0.25) is 0 Å². The molecule has 1 aliphatic rings. The fourth-order valence-corrected chi connectivity index (χ4v) is 3.80. The summed E-state index contributed by atoms with van der Waals surface area (Å²) in [6, 6.07) is 10.2. The summed E-state index contributed by atoms with van der Waals surface area (Å²) in [6.07, 6.45) is 3.07. The number of anilines is 2. The van der Waals surface area contributed by atoms with Crippen LogP contribution in [0.1, 0.15) is 53.8 Å². The number of hydrogen-bond acceptors (Lipinski definition) is 3. The second kappa shape index (κ2) is 9.51. The number of halogens is 2. The van der Waals surface area contributed by atoms with Crippen molar-refractivity contribution in [1.29, 1.82) is 0 Å². The van der Waals surface area contributed by atoms with Gasteiger partial charge in [0, 0.05) is 35.5 Å². The first-order valence-corrected chi connectivity index (χ1v) is 10.6. The summed E-state index contributed by atoms with van der Waals surface area (Å²) in [6.45, 7) is 5.85. The van der Waals surface area contributed by atoms with E-state index in [1.165, 1.54) is 6.07 Å². The van der Waals surface area contributed by atoms with Crippen molar-refractivity contribution in [2.24, 2.45) is 0 Å². The molecular weight excluding hydrogens is 409 g/mol. The predicted octanol–water partition coefficient (Wildman–Crippen LogP) is 5.37. The predicted molar refractivity (Wildman–Crippen MR) is 120 cm³/mol. The van der Waals surface area contributed by atoms with Gasteiger partial charge < -0.3 is 15.5 Å². The van der Waals surface area contributed by atoms with E-state index in [4.69, 9.17) is 23.2 Å². The third kappa shape index (κ3) is 5.22. The van der Waals surface area contributed by atoms with Crippen LogP contribution in [0.25, 0.3) is 0 Å². The molecule has 2 amide bonds. The molecule has 1 aliphatic heterocycles. The van der Waals surface area contributed by atoms with E-state index in [-0.39, 0.29) is 22.9 Å². The molecule has 0 aliphatic carbocycles. The highest BCUT2D eigenvalue weighted by atomic mass is 35.5. The van der Waals surface area contributed by atoms with Crippen molar-refractivity contribution < 1.29 is 9.59 Å². The van der Waals surface area contributed by atoms with Gasteiger partial charge in [-0.15, -0.1) is 0 Å². The van der Waals surface area contributed by atoms with E-state index in [9.17, 15) is 9.59 Å². The van der Waals surface area contributed by atoms with Crippen molar-refractivity contribution in [2.75, 3.05) is 23.3 Å². The molecule has 2 aromatic rings. The van der Waals surface area contributed by atoms with Crippen LogP contribution in [0.4, 0.5) is 11.4 Å². The van der Waals surface area contributed by atoms with Crippen LogP contribution in [0.2, 0.25) is 10.0 Å². The van der Waals surface area contributed by atoms with Crippen LogP contribution >= 0.6 is 23.2 Å². The van der Waals surface area contributed by atoms with E-state index in [0.29, 0.717) is 21.8 Å². The number of hydrogen-bond donors (Lipinski definition) is 2. The molecule has 1 heterocycles. The van der Waals surface area contributed by atoms with Gasteiger partial charge in [-0.3, -0.25) is 9.59 Å². The monoisotopic (exact) mass is 433 g/mol. The topological polar surface area (TPSA) is 61.4 Å². The Hall–Kier alpha value is -2.24. The highest BCUT2D eigenvalue weighted by Gasteiger charge is 2.21. The molecule has 2 aromatic carbocycles. The van der Waals surface area contributed by atoms with Crippen LogP contribution in [0, 0.1) is 0 Å². The number of nitrogens with one attached hydrogen (secondary N) is 2. The maximum Gasteiger partial charge on any atom is 0.257 e. The molecule has 0 bridgehead atoms. The van der Waals surface area contributed by atoms with E-state index in [2.05, 4.69) is 15.5 Å². The Morgan fingerprint density at radius 3 is 2.41 bits per heavy atom. The van der Waals surface area contributed by atoms with Crippen LogP contribution in [0.3, 0.4) is 0 Å². The Bertz CT molecular complexity index is 911. The Balaban J connectivity index is 1.88. The SMILES string of the molecule is CCC(C)NC(=O)c1cc(NC(=O)c2ccc(Cl)cc2Cl)ccc1N1CCCC1. The van der Waals surface area contributed by atoms with E-state index in [1.807, 2.05) is 26.0 Å². The number of carbonyl (C=O) groups is 2. The molecule has 1 saturated heterocycles. The smallest absolute Gasteiger partial charge is 0.257 e. The molecule has 0 aromatic heterocycles. The lowest BCUT2D eigenvalue weighted by atomic mass is 10.1. The second-order valence-electron chi connectivity index (χ2n) is 7.29. The molecule has 2 N–H and O–H groups in total. The van der Waals surface area contributed by atoms with Crippen LogP contribution in [0.5, 0.6) is 0 Å². The lowest BCUT2D eigenvalue weighted by Crippen LogP contribution is -2.33. The van der Waals surface area contributed by atoms with Crippen LogP contribution in [-0.2, 0) is 0 Å². The van der Waals surface area contributed by atoms with Gasteiger partial charge in [-0.1, -0.05) is 30.1 Å². The van der Waals surface area contributed by atoms with Crippen molar-refractivity contribution in [3.8, 4) is 0 Å². The Kier molecular flexibility index (Phi) is 7.04. The van der Waals surface area contributed by atoms with Crippen LogP contribution in [-0.4, -0.2) is 30.9 Å². The van der Waals surface area contributed by atoms with Gasteiger partial charge in [-0.25, -0.2) is 0 Å². The first-order valence-electron chi connectivity index (χ1n) is 9.85. The van der Waals surface area contributed by atoms with E-state index >= 15 is 0 Å². The van der Waals surface area contributed by atoms with E-state index < -0.39 is 0 Å². The lowest BCUT2D eigenvalue weighted by molar-refractivity contribution is 0.0938. The largest absolute Gasteiger partial charge is 0.371 e. The molecule has 7 heteroatoms. The number of nitrogens with zero attached hydrogens (tertiary/aromatic N) is 1. The molecule has 1 unspecified atom stereocenters. The Morgan fingerprint density at radius 2 is 1.76 bits per heavy atom. The maximum absolute atomic E-state index is 12.9. The van der Waals surface area contributed by atoms with Gasteiger partial charge in [0.25, 0.3) is 11.8 Å². The summed E-state index contributed by atoms with van der Waals surface area (Å²) in [7, 11) is 0. The summed E-state index contributed by atoms with van der Waals surface area (Å²) in [4.78, 5) is 27.8. The molecular formula is C22H25Cl2N3O2. The fraction of sp³-hybridized carbons (Fsp3) is 0.364. The first-order chi connectivity index (χ1) is 13.9. The molecule has 29 heavy (non-hydrogen) atoms. The van der Waals surface area contributed by atoms with Crippen molar-refractivity contribution in [1.82, 2.24) is 5.32 Å². The van der Waals surface area contributed by atoms with Gasteiger partial charge >= 0.3 is 0 Å². The van der Waals surface area contributed by atoms with Crippen molar-refractivity contribution in [3.63, 3.8) is 0 Å². The quantitative estimate of drug-likeness (QED) is 0.642. The zero-order valence-electron chi connectivity index (χ0n) is 16.6. The molecule has 1 fully saturated rings. The minimum absolute atomic E-state index is 0.0695. The van der Waals surface area contributed by atoms with Crippen LogP contribution < -0.4 is 15.5 Å². The van der Waals surface area contributed by atoms with Crippen molar-refractivity contribution in [3.05, 3.63) is 57.6 Å². The number of benzene rings is 2. The third-order valence-corrected chi connectivity index (χ3v) is 5.66. The molecule has 0 saturated carbocycles. The minimum Gasteiger partial charge on any atom is -0.371 e. The molecule has 154 valence electrons. The average molecular weight is 434 g/mol. The summed E-state index contributed by atoms with van der Waals surface area (Å²) < 4.78 is 0. The normalized spacial score (nSPS) is 14.6. The Labute approximate surface area is 181 Å². The Morgan fingerprint density at radius 1 is 1.03 bits per heavy atom. The van der Waals surface area contributed by atoms with Crippen molar-refractivity contribution >= 4 is 46.4 Å². The standard InChI is InChI=1S/C22H25Cl2N3O2/c1-3-14(2)25-22(29)18-13-16(7-9-20(18)27-10-4-5-11-27)26-21(28)17-8-6-15(23)12-19(17)24/h6-9,12-14H,3-5,10-11H2,1-2H3,(H,25,29)(H,26,28). The summed E-state index contributed by atoms with van der Waals surface area (Å²) >= 11 is 12.0. The average Bonchev–Trinajstić information content (AvgIpc) is 3.22. The molecule has 1 atom stereocenters. The highest BCUT2D eigenvalue weighted by molar-refractivity contribution is 6.37. The van der Waals surface area contributed by atoms with Gasteiger partial charge in [0.15, 0.2) is 0 Å². The lowest BCUT2D eigenvalue weighted by Gasteiger charge is -2.23. The summed E-state index contributed by atoms with van der Waals surface area (Å²) in [5.74, 6) is -0.490. The zero-order chi connectivity index (χ0) is 21.0. The second-order valence-corrected chi connectivity index (χ2v) is 8.13. The fourth-order valence-electron chi connectivity index (χ4n) is 3.31. The van der Waals surface area contributed by atoms with E-state index in [1.54, 1.807) is 18.2 Å². The third-order valence-electron chi connectivity index (χ3n) is 5.11. The zero-order valence-corrected chi connectivity index (χ0v) is 18.1. The van der Waals surface area contributed by atoms with Gasteiger partial charge in [0.1, 0.15) is 0 Å². The number of rotatable bonds is 6. The van der Waals surface area contributed by atoms with Gasteiger partial charge in [-0.05, 0) is 62.6 Å². The number of amides is 2.